The van der Waals surface area contributed by atoms with Crippen molar-refractivity contribution in [1.29, 1.82) is 0 Å². The lowest BCUT2D eigenvalue weighted by atomic mass is 9.95. The van der Waals surface area contributed by atoms with Crippen LogP contribution in [0.1, 0.15) is 11.1 Å². The monoisotopic (exact) mass is 358 g/mol. The Morgan fingerprint density at radius 1 is 0.769 bits per heavy atom. The molecule has 6 heteroatoms. The van der Waals surface area contributed by atoms with Gasteiger partial charge in [0.1, 0.15) is 24.5 Å². The van der Waals surface area contributed by atoms with E-state index in [2.05, 4.69) is 10.6 Å². The number of benzene rings is 2. The molecule has 0 amide bonds. The van der Waals surface area contributed by atoms with E-state index >= 15 is 0 Å². The lowest BCUT2D eigenvalue weighted by molar-refractivity contribution is -0.202. The number of ether oxygens (including phenoxy) is 1. The van der Waals surface area contributed by atoms with E-state index in [1.807, 2.05) is 60.7 Å². The molecule has 2 aromatic carbocycles. The predicted molar refractivity (Wildman–Crippen MR) is 98.1 cm³/mol. The van der Waals surface area contributed by atoms with Crippen LogP contribution in [0.15, 0.2) is 60.7 Å². The van der Waals surface area contributed by atoms with Crippen molar-refractivity contribution in [1.82, 2.24) is 10.6 Å². The maximum absolute atomic E-state index is 10.5. The van der Waals surface area contributed by atoms with E-state index in [-0.39, 0.29) is 6.61 Å². The van der Waals surface area contributed by atoms with Gasteiger partial charge in [-0.25, -0.2) is 0 Å². The molecule has 0 bridgehead atoms. The van der Waals surface area contributed by atoms with Crippen molar-refractivity contribution in [2.45, 2.75) is 43.7 Å². The van der Waals surface area contributed by atoms with Gasteiger partial charge >= 0.3 is 0 Å². The molecule has 1 fully saturated rings. The standard InChI is InChI=1S/C20H26N2O4/c23-13-16-18(24)19(25)17(21-11-14-7-3-1-4-8-14)20(26-16)22-12-15-9-5-2-6-10-15/h1-10,16-25H,11-13H2/t16-,17+,18-,19-,20?/m1/s1. The molecule has 1 heterocycles. The molecule has 1 aliphatic rings. The molecule has 3 rings (SSSR count). The van der Waals surface area contributed by atoms with Crippen LogP contribution in [0.3, 0.4) is 0 Å². The number of aliphatic hydroxyl groups excluding tert-OH is 3. The van der Waals surface area contributed by atoms with Crippen molar-refractivity contribution in [2.24, 2.45) is 0 Å². The summed E-state index contributed by atoms with van der Waals surface area (Å²) in [6.07, 6.45) is -3.58. The smallest absolute Gasteiger partial charge is 0.127 e. The maximum atomic E-state index is 10.5. The molecular weight excluding hydrogens is 332 g/mol. The molecule has 2 aromatic rings. The number of hydrogen-bond donors (Lipinski definition) is 5. The lowest BCUT2D eigenvalue weighted by Crippen LogP contribution is -2.66. The van der Waals surface area contributed by atoms with Crippen LogP contribution in [0.25, 0.3) is 0 Å². The van der Waals surface area contributed by atoms with Gasteiger partial charge in [-0.05, 0) is 11.1 Å². The third-order valence-corrected chi connectivity index (χ3v) is 4.66. The Morgan fingerprint density at radius 2 is 1.31 bits per heavy atom. The number of rotatable bonds is 7. The second-order valence-corrected chi connectivity index (χ2v) is 6.52. The molecule has 0 saturated carbocycles. The third kappa shape index (κ3) is 4.67. The van der Waals surface area contributed by atoms with Gasteiger partial charge in [0.05, 0.1) is 12.6 Å². The number of hydrogen-bond acceptors (Lipinski definition) is 6. The van der Waals surface area contributed by atoms with E-state index in [1.54, 1.807) is 0 Å². The first-order valence-electron chi connectivity index (χ1n) is 8.86. The Labute approximate surface area is 153 Å². The fourth-order valence-electron chi connectivity index (χ4n) is 3.16. The van der Waals surface area contributed by atoms with E-state index in [4.69, 9.17) is 4.74 Å². The second kappa shape index (κ2) is 9.23. The molecule has 5 atom stereocenters. The summed E-state index contributed by atoms with van der Waals surface area (Å²) < 4.78 is 5.81. The average Bonchev–Trinajstić information content (AvgIpc) is 2.69. The summed E-state index contributed by atoms with van der Waals surface area (Å²) in [5, 5.41) is 36.7. The molecule has 1 aliphatic heterocycles. The topological polar surface area (TPSA) is 94.0 Å². The van der Waals surface area contributed by atoms with Crippen molar-refractivity contribution in [3.05, 3.63) is 71.8 Å². The van der Waals surface area contributed by atoms with E-state index in [0.717, 1.165) is 11.1 Å². The average molecular weight is 358 g/mol. The van der Waals surface area contributed by atoms with Crippen LogP contribution in [0.5, 0.6) is 0 Å². The Balaban J connectivity index is 1.68. The van der Waals surface area contributed by atoms with Crippen LogP contribution in [-0.2, 0) is 17.8 Å². The van der Waals surface area contributed by atoms with E-state index in [0.29, 0.717) is 13.1 Å². The summed E-state index contributed by atoms with van der Waals surface area (Å²) >= 11 is 0. The molecule has 6 nitrogen and oxygen atoms in total. The van der Waals surface area contributed by atoms with Crippen molar-refractivity contribution in [3.63, 3.8) is 0 Å². The Morgan fingerprint density at radius 3 is 1.85 bits per heavy atom. The first-order chi connectivity index (χ1) is 12.7. The molecule has 0 aromatic heterocycles. The van der Waals surface area contributed by atoms with Crippen molar-refractivity contribution in [3.8, 4) is 0 Å². The van der Waals surface area contributed by atoms with Gasteiger partial charge in [0.25, 0.3) is 0 Å². The van der Waals surface area contributed by atoms with E-state index in [9.17, 15) is 15.3 Å². The zero-order valence-corrected chi connectivity index (χ0v) is 14.5. The van der Waals surface area contributed by atoms with E-state index in [1.165, 1.54) is 0 Å². The van der Waals surface area contributed by atoms with Crippen LogP contribution < -0.4 is 10.6 Å². The summed E-state index contributed by atoms with van der Waals surface area (Å²) in [4.78, 5) is 0. The van der Waals surface area contributed by atoms with Gasteiger partial charge < -0.3 is 25.4 Å². The molecule has 26 heavy (non-hydrogen) atoms. The quantitative estimate of drug-likeness (QED) is 0.491. The second-order valence-electron chi connectivity index (χ2n) is 6.52. The summed E-state index contributed by atoms with van der Waals surface area (Å²) in [7, 11) is 0. The van der Waals surface area contributed by atoms with Crippen LogP contribution in [-0.4, -0.2) is 52.5 Å². The van der Waals surface area contributed by atoms with Crippen LogP contribution >= 0.6 is 0 Å². The zero-order chi connectivity index (χ0) is 18.4. The van der Waals surface area contributed by atoms with Gasteiger partial charge in [-0.2, -0.15) is 0 Å². The Kier molecular flexibility index (Phi) is 6.73. The molecule has 0 aliphatic carbocycles. The van der Waals surface area contributed by atoms with E-state index < -0.39 is 30.6 Å². The highest BCUT2D eigenvalue weighted by molar-refractivity contribution is 5.16. The van der Waals surface area contributed by atoms with Crippen LogP contribution in [0.2, 0.25) is 0 Å². The molecule has 140 valence electrons. The highest BCUT2D eigenvalue weighted by Crippen LogP contribution is 2.21. The summed E-state index contributed by atoms with van der Waals surface area (Å²) in [6, 6.07) is 19.2. The highest BCUT2D eigenvalue weighted by atomic mass is 16.5. The predicted octanol–water partition coefficient (Wildman–Crippen LogP) is 0.374. The van der Waals surface area contributed by atoms with Gasteiger partial charge in [-0.1, -0.05) is 60.7 Å². The fraction of sp³-hybridized carbons (Fsp3) is 0.400. The van der Waals surface area contributed by atoms with Crippen LogP contribution in [0.4, 0.5) is 0 Å². The molecule has 0 spiro atoms. The minimum atomic E-state index is -1.15. The largest absolute Gasteiger partial charge is 0.394 e. The first-order valence-corrected chi connectivity index (χ1v) is 8.86. The Hall–Kier alpha value is -1.80. The van der Waals surface area contributed by atoms with Gasteiger partial charge in [0, 0.05) is 13.1 Å². The third-order valence-electron chi connectivity index (χ3n) is 4.66. The van der Waals surface area contributed by atoms with Crippen LogP contribution in [0, 0.1) is 0 Å². The highest BCUT2D eigenvalue weighted by Gasteiger charge is 2.43. The van der Waals surface area contributed by atoms with Gasteiger partial charge in [-0.3, -0.25) is 5.32 Å². The SMILES string of the molecule is OC[C@H]1OC(NCc2ccccc2)[C@@H](NCc2ccccc2)[C@@H](O)[C@@H]1O. The molecule has 1 saturated heterocycles. The van der Waals surface area contributed by atoms with Gasteiger partial charge in [-0.15, -0.1) is 0 Å². The summed E-state index contributed by atoms with van der Waals surface area (Å²) in [6.45, 7) is 0.731. The minimum Gasteiger partial charge on any atom is -0.394 e. The molecule has 0 radical (unpaired) electrons. The maximum Gasteiger partial charge on any atom is 0.127 e. The zero-order valence-electron chi connectivity index (χ0n) is 14.5. The molecule has 5 N–H and O–H groups in total. The number of nitrogens with one attached hydrogen (secondary N) is 2. The fourth-order valence-corrected chi connectivity index (χ4v) is 3.16. The first kappa shape index (κ1) is 19.0. The minimum absolute atomic E-state index is 0.354. The lowest BCUT2D eigenvalue weighted by Gasteiger charge is -2.43. The summed E-state index contributed by atoms with van der Waals surface area (Å²) in [5.41, 5.74) is 2.15. The summed E-state index contributed by atoms with van der Waals surface area (Å²) in [5.74, 6) is 0. The normalized spacial score (nSPS) is 28.8. The molecular formula is C20H26N2O4. The van der Waals surface area contributed by atoms with Gasteiger partial charge in [0.15, 0.2) is 0 Å². The van der Waals surface area contributed by atoms with Crippen molar-refractivity contribution >= 4 is 0 Å². The van der Waals surface area contributed by atoms with Gasteiger partial charge in [0.2, 0.25) is 0 Å². The molecule has 1 unspecified atom stereocenters. The van der Waals surface area contributed by atoms with Crippen molar-refractivity contribution in [2.75, 3.05) is 6.61 Å². The Bertz CT molecular complexity index is 655. The van der Waals surface area contributed by atoms with Crippen molar-refractivity contribution < 1.29 is 20.1 Å². The number of aliphatic hydroxyl groups is 3.